The molecule has 0 bridgehead atoms. The van der Waals surface area contributed by atoms with Crippen molar-refractivity contribution < 1.29 is 23.6 Å². The van der Waals surface area contributed by atoms with Gasteiger partial charge in [-0.3, -0.25) is 0 Å². The zero-order valence-electron chi connectivity index (χ0n) is 9.36. The van der Waals surface area contributed by atoms with E-state index in [2.05, 4.69) is 20.8 Å². The summed E-state index contributed by atoms with van der Waals surface area (Å²) in [6, 6.07) is 0. The molecule has 0 spiro atoms. The summed E-state index contributed by atoms with van der Waals surface area (Å²) in [7, 11) is 0. The van der Waals surface area contributed by atoms with Gasteiger partial charge in [0.1, 0.15) is 0 Å². The maximum Gasteiger partial charge on any atom is 1.00 e. The Morgan fingerprint density at radius 3 is 1.50 bits per heavy atom. The minimum absolute atomic E-state index is 0. The third-order valence-corrected chi connectivity index (χ3v) is 1.28. The maximum atomic E-state index is 5.31. The normalized spacial score (nSPS) is 8.00. The Labute approximate surface area is 90.4 Å². The molecule has 0 saturated carbocycles. The fourth-order valence-electron chi connectivity index (χ4n) is 0.595. The van der Waals surface area contributed by atoms with E-state index < -0.39 is 0 Å². The van der Waals surface area contributed by atoms with E-state index in [1.165, 1.54) is 25.7 Å². The van der Waals surface area contributed by atoms with Crippen LogP contribution in [0.4, 0.5) is 0 Å². The van der Waals surface area contributed by atoms with Gasteiger partial charge in [-0.1, -0.05) is 26.7 Å². The Morgan fingerprint density at radius 1 is 0.917 bits per heavy atom. The molecule has 0 aliphatic carbocycles. The first-order valence-corrected chi connectivity index (χ1v) is 4.70. The summed E-state index contributed by atoms with van der Waals surface area (Å²) >= 11 is 0. The predicted molar refractivity (Wildman–Crippen MR) is 51.7 cm³/mol. The van der Waals surface area contributed by atoms with Crippen molar-refractivity contribution >= 4 is 0 Å². The molecule has 0 rings (SSSR count). The minimum Gasteiger partial charge on any atom is -0.381 e. The van der Waals surface area contributed by atoms with Crippen LogP contribution in [0.2, 0.25) is 0 Å². The van der Waals surface area contributed by atoms with E-state index >= 15 is 0 Å². The predicted octanol–water partition coefficient (Wildman–Crippen LogP) is 0.448. The molecule has 0 saturated heterocycles. The van der Waals surface area contributed by atoms with Crippen molar-refractivity contribution in [3.63, 3.8) is 0 Å². The smallest absolute Gasteiger partial charge is 0.381 e. The summed E-state index contributed by atoms with van der Waals surface area (Å²) in [6.45, 7) is 11.3. The molecular weight excluding hydrogens is 143 g/mol. The van der Waals surface area contributed by atoms with Gasteiger partial charge in [-0.15, -0.1) is 0 Å². The zero-order valence-corrected chi connectivity index (χ0v) is 9.36. The van der Waals surface area contributed by atoms with Gasteiger partial charge in [0.2, 0.25) is 0 Å². The average molecular weight is 166 g/mol. The second kappa shape index (κ2) is 22.6. The van der Waals surface area contributed by atoms with E-state index in [0.29, 0.717) is 0 Å². The van der Waals surface area contributed by atoms with Gasteiger partial charge in [-0.2, -0.15) is 6.92 Å². The quantitative estimate of drug-likeness (QED) is 0.316. The molecule has 0 amide bonds. The van der Waals surface area contributed by atoms with E-state index in [0.717, 1.165) is 13.2 Å². The van der Waals surface area contributed by atoms with Crippen molar-refractivity contribution in [1.82, 2.24) is 0 Å². The number of hydrogen-bond donors (Lipinski definition) is 0. The summed E-state index contributed by atoms with van der Waals surface area (Å²) in [5.41, 5.74) is 0. The SMILES string of the molecule is CCCCOCCCC.[CH2-]C.[Li+]. The van der Waals surface area contributed by atoms with Crippen LogP contribution in [0.15, 0.2) is 0 Å². The summed E-state index contributed by atoms with van der Waals surface area (Å²) in [5, 5.41) is 0. The monoisotopic (exact) mass is 166 g/mol. The number of ether oxygens (including phenoxy) is 1. The molecule has 0 heterocycles. The van der Waals surface area contributed by atoms with Crippen molar-refractivity contribution in [2.24, 2.45) is 0 Å². The van der Waals surface area contributed by atoms with E-state index in [9.17, 15) is 0 Å². The number of rotatable bonds is 6. The molecule has 70 valence electrons. The second-order valence-corrected chi connectivity index (χ2v) is 2.32. The van der Waals surface area contributed by atoms with Crippen LogP contribution in [-0.4, -0.2) is 13.2 Å². The molecule has 0 aromatic rings. The molecule has 12 heavy (non-hydrogen) atoms. The Bertz CT molecular complexity index is 43.1. The van der Waals surface area contributed by atoms with E-state index in [4.69, 9.17) is 4.74 Å². The first-order chi connectivity index (χ1) is 5.41. The van der Waals surface area contributed by atoms with Crippen LogP contribution in [0.3, 0.4) is 0 Å². The van der Waals surface area contributed by atoms with Gasteiger partial charge in [0, 0.05) is 13.2 Å². The minimum atomic E-state index is 0. The molecule has 0 N–H and O–H groups in total. The Morgan fingerprint density at radius 2 is 1.25 bits per heavy atom. The third kappa shape index (κ3) is 22.4. The van der Waals surface area contributed by atoms with Crippen LogP contribution >= 0.6 is 0 Å². The van der Waals surface area contributed by atoms with Gasteiger partial charge < -0.3 is 11.7 Å². The molecule has 0 aromatic heterocycles. The molecule has 0 fully saturated rings. The van der Waals surface area contributed by atoms with Crippen LogP contribution in [0.1, 0.15) is 46.5 Å². The van der Waals surface area contributed by atoms with Crippen molar-refractivity contribution in [3.8, 4) is 0 Å². The van der Waals surface area contributed by atoms with Crippen LogP contribution in [0, 0.1) is 6.92 Å². The van der Waals surface area contributed by atoms with Crippen molar-refractivity contribution in [2.75, 3.05) is 13.2 Å². The average Bonchev–Trinajstić information content (AvgIpc) is 2.08. The molecular formula is C10H23LiO. The van der Waals surface area contributed by atoms with E-state index in [1.807, 2.05) is 0 Å². The molecule has 0 aromatic carbocycles. The van der Waals surface area contributed by atoms with Crippen molar-refractivity contribution in [1.29, 1.82) is 0 Å². The third-order valence-electron chi connectivity index (χ3n) is 1.28. The summed E-state index contributed by atoms with van der Waals surface area (Å²) in [6.07, 6.45) is 4.91. The van der Waals surface area contributed by atoms with E-state index in [-0.39, 0.29) is 18.9 Å². The molecule has 0 unspecified atom stereocenters. The van der Waals surface area contributed by atoms with Crippen LogP contribution in [0.5, 0.6) is 0 Å². The second-order valence-electron chi connectivity index (χ2n) is 2.32. The van der Waals surface area contributed by atoms with Crippen molar-refractivity contribution in [3.05, 3.63) is 6.92 Å². The zero-order chi connectivity index (χ0) is 8.95. The fourth-order valence-corrected chi connectivity index (χ4v) is 0.595. The summed E-state index contributed by atoms with van der Waals surface area (Å²) in [4.78, 5) is 0. The van der Waals surface area contributed by atoms with Crippen LogP contribution < -0.4 is 18.9 Å². The van der Waals surface area contributed by atoms with Gasteiger partial charge in [0.25, 0.3) is 0 Å². The summed E-state index contributed by atoms with van der Waals surface area (Å²) < 4.78 is 5.31. The molecule has 2 heteroatoms. The van der Waals surface area contributed by atoms with E-state index in [1.54, 1.807) is 6.92 Å². The van der Waals surface area contributed by atoms with Gasteiger partial charge in [-0.25, -0.2) is 0 Å². The molecule has 0 atom stereocenters. The summed E-state index contributed by atoms with van der Waals surface area (Å²) in [5.74, 6) is 0. The Balaban J connectivity index is -0.000000249. The molecule has 0 aliphatic heterocycles. The van der Waals surface area contributed by atoms with Gasteiger partial charge in [0.15, 0.2) is 0 Å². The maximum absolute atomic E-state index is 5.31. The Kier molecular flexibility index (Phi) is 34.5. The molecule has 1 nitrogen and oxygen atoms in total. The number of hydrogen-bond acceptors (Lipinski definition) is 1. The largest absolute Gasteiger partial charge is 1.00 e. The van der Waals surface area contributed by atoms with Crippen molar-refractivity contribution in [2.45, 2.75) is 46.5 Å². The van der Waals surface area contributed by atoms with Crippen LogP contribution in [-0.2, 0) is 4.74 Å². The fraction of sp³-hybridized carbons (Fsp3) is 0.900. The van der Waals surface area contributed by atoms with Gasteiger partial charge in [-0.05, 0) is 12.8 Å². The molecule has 0 aliphatic rings. The van der Waals surface area contributed by atoms with Crippen LogP contribution in [0.25, 0.3) is 0 Å². The standard InChI is InChI=1S/C8H18O.C2H5.Li/c1-3-5-7-9-8-6-4-2;1-2;/h3-8H2,1-2H3;1H2,2H3;/q;-1;+1. The topological polar surface area (TPSA) is 9.23 Å². The Hall–Kier alpha value is 0.557. The van der Waals surface area contributed by atoms with Gasteiger partial charge in [0.05, 0.1) is 0 Å². The first kappa shape index (κ1) is 18.4. The first-order valence-electron chi connectivity index (χ1n) is 4.70. The molecule has 0 radical (unpaired) electrons. The van der Waals surface area contributed by atoms with Gasteiger partial charge >= 0.3 is 18.9 Å². The number of unbranched alkanes of at least 4 members (excludes halogenated alkanes) is 2.